The van der Waals surface area contributed by atoms with E-state index in [2.05, 4.69) is 16.0 Å². The standard InChI is InChI=1S/C24H22ClN3O2S/c1-16-5-4-7-18(15-16)23(30)26-19-10-12-20(13-11-19)27-24(31)28-22(29)14-9-17-6-2-3-8-21(17)25/h2-8,10-13,15H,9,14H2,1H3,(H,26,30)(H2,27,28,29,31). The number of amides is 2. The van der Waals surface area contributed by atoms with E-state index in [0.29, 0.717) is 28.4 Å². The molecule has 3 N–H and O–H groups in total. The molecule has 0 aliphatic heterocycles. The van der Waals surface area contributed by atoms with E-state index < -0.39 is 0 Å². The zero-order valence-electron chi connectivity index (χ0n) is 16.9. The maximum Gasteiger partial charge on any atom is 0.255 e. The minimum absolute atomic E-state index is 0.175. The lowest BCUT2D eigenvalue weighted by Crippen LogP contribution is -2.34. The van der Waals surface area contributed by atoms with Gasteiger partial charge in [0.2, 0.25) is 5.91 Å². The second-order valence-corrected chi connectivity index (χ2v) is 7.81. The van der Waals surface area contributed by atoms with Gasteiger partial charge in [-0.3, -0.25) is 9.59 Å². The fourth-order valence-corrected chi connectivity index (χ4v) is 3.39. The van der Waals surface area contributed by atoms with Crippen LogP contribution in [0.3, 0.4) is 0 Å². The van der Waals surface area contributed by atoms with Crippen LogP contribution in [0.25, 0.3) is 0 Å². The molecule has 0 atom stereocenters. The molecule has 3 aromatic rings. The predicted molar refractivity (Wildman–Crippen MR) is 130 cm³/mol. The third kappa shape index (κ3) is 6.91. The number of carbonyl (C=O) groups excluding carboxylic acids is 2. The van der Waals surface area contributed by atoms with Gasteiger partial charge in [-0.05, 0) is 73.6 Å². The summed E-state index contributed by atoms with van der Waals surface area (Å²) in [6, 6.07) is 21.9. The van der Waals surface area contributed by atoms with E-state index in [1.165, 1.54) is 0 Å². The Kier molecular flexibility index (Phi) is 7.76. The molecular weight excluding hydrogens is 430 g/mol. The number of nitrogens with one attached hydrogen (secondary N) is 3. The van der Waals surface area contributed by atoms with E-state index in [4.69, 9.17) is 23.8 Å². The first kappa shape index (κ1) is 22.5. The van der Waals surface area contributed by atoms with Crippen molar-refractivity contribution < 1.29 is 9.59 Å². The third-order valence-electron chi connectivity index (χ3n) is 4.51. The molecule has 0 saturated heterocycles. The van der Waals surface area contributed by atoms with Crippen molar-refractivity contribution in [3.63, 3.8) is 0 Å². The van der Waals surface area contributed by atoms with Crippen molar-refractivity contribution in [3.8, 4) is 0 Å². The molecule has 0 radical (unpaired) electrons. The Bertz CT molecular complexity index is 1100. The van der Waals surface area contributed by atoms with E-state index in [0.717, 1.165) is 11.1 Å². The number of benzene rings is 3. The van der Waals surface area contributed by atoms with Gasteiger partial charge < -0.3 is 16.0 Å². The summed E-state index contributed by atoms with van der Waals surface area (Å²) in [5.74, 6) is -0.370. The summed E-state index contributed by atoms with van der Waals surface area (Å²) in [6.45, 7) is 1.94. The van der Waals surface area contributed by atoms with Crippen LogP contribution in [-0.4, -0.2) is 16.9 Å². The van der Waals surface area contributed by atoms with Crippen molar-refractivity contribution in [1.29, 1.82) is 0 Å². The smallest absolute Gasteiger partial charge is 0.255 e. The first-order valence-corrected chi connectivity index (χ1v) is 10.5. The number of aryl methyl sites for hydroxylation is 2. The molecule has 158 valence electrons. The molecule has 3 aromatic carbocycles. The van der Waals surface area contributed by atoms with E-state index >= 15 is 0 Å². The molecular formula is C24H22ClN3O2S. The lowest BCUT2D eigenvalue weighted by Gasteiger charge is -2.11. The Labute approximate surface area is 191 Å². The van der Waals surface area contributed by atoms with Gasteiger partial charge in [0.05, 0.1) is 0 Å². The fraction of sp³-hybridized carbons (Fsp3) is 0.125. The molecule has 0 aromatic heterocycles. The molecule has 0 fully saturated rings. The van der Waals surface area contributed by atoms with Crippen molar-refractivity contribution in [2.45, 2.75) is 19.8 Å². The second-order valence-electron chi connectivity index (χ2n) is 6.99. The second kappa shape index (κ2) is 10.7. The van der Waals surface area contributed by atoms with Crippen LogP contribution in [-0.2, 0) is 11.2 Å². The van der Waals surface area contributed by atoms with Crippen LogP contribution >= 0.6 is 23.8 Å². The fourth-order valence-electron chi connectivity index (χ4n) is 2.93. The Morgan fingerprint density at radius 1 is 0.903 bits per heavy atom. The summed E-state index contributed by atoms with van der Waals surface area (Å²) in [4.78, 5) is 24.5. The molecule has 31 heavy (non-hydrogen) atoms. The van der Waals surface area contributed by atoms with Crippen molar-refractivity contribution in [3.05, 3.63) is 94.5 Å². The van der Waals surface area contributed by atoms with Crippen LogP contribution in [0.2, 0.25) is 5.02 Å². The number of rotatable bonds is 6. The lowest BCUT2D eigenvalue weighted by molar-refractivity contribution is -0.119. The van der Waals surface area contributed by atoms with Gasteiger partial charge in [-0.25, -0.2) is 0 Å². The molecule has 0 heterocycles. The maximum atomic E-state index is 12.3. The molecule has 7 heteroatoms. The molecule has 0 saturated carbocycles. The molecule has 0 spiro atoms. The van der Waals surface area contributed by atoms with E-state index in [-0.39, 0.29) is 23.3 Å². The topological polar surface area (TPSA) is 70.2 Å². The molecule has 0 aliphatic carbocycles. The SMILES string of the molecule is Cc1cccc(C(=O)Nc2ccc(NC(=S)NC(=O)CCc3ccccc3Cl)cc2)c1. The highest BCUT2D eigenvalue weighted by Crippen LogP contribution is 2.17. The van der Waals surface area contributed by atoms with Crippen LogP contribution in [0.5, 0.6) is 0 Å². The molecule has 0 aliphatic rings. The first-order valence-electron chi connectivity index (χ1n) is 9.73. The van der Waals surface area contributed by atoms with Crippen molar-refractivity contribution in [1.82, 2.24) is 5.32 Å². The minimum atomic E-state index is -0.195. The Morgan fingerprint density at radius 2 is 1.58 bits per heavy atom. The number of hydrogen-bond acceptors (Lipinski definition) is 3. The minimum Gasteiger partial charge on any atom is -0.332 e. The Hall–Kier alpha value is -3.22. The zero-order valence-corrected chi connectivity index (χ0v) is 18.5. The number of halogens is 1. The maximum absolute atomic E-state index is 12.3. The van der Waals surface area contributed by atoms with E-state index in [1.807, 2.05) is 43.3 Å². The summed E-state index contributed by atoms with van der Waals surface area (Å²) < 4.78 is 0. The number of carbonyl (C=O) groups is 2. The monoisotopic (exact) mass is 451 g/mol. The summed E-state index contributed by atoms with van der Waals surface area (Å²) in [6.07, 6.45) is 0.805. The largest absolute Gasteiger partial charge is 0.332 e. The molecule has 5 nitrogen and oxygen atoms in total. The summed E-state index contributed by atoms with van der Waals surface area (Å²) in [5.41, 5.74) is 3.90. The summed E-state index contributed by atoms with van der Waals surface area (Å²) in [7, 11) is 0. The van der Waals surface area contributed by atoms with Gasteiger partial charge in [-0.15, -0.1) is 0 Å². The highest BCUT2D eigenvalue weighted by atomic mass is 35.5. The molecule has 2 amide bonds. The highest BCUT2D eigenvalue weighted by Gasteiger charge is 2.08. The van der Waals surface area contributed by atoms with Gasteiger partial charge in [-0.1, -0.05) is 47.5 Å². The van der Waals surface area contributed by atoms with Gasteiger partial charge in [0.25, 0.3) is 5.91 Å². The number of hydrogen-bond donors (Lipinski definition) is 3. The molecule has 3 rings (SSSR count). The average Bonchev–Trinajstić information content (AvgIpc) is 2.74. The highest BCUT2D eigenvalue weighted by molar-refractivity contribution is 7.80. The van der Waals surface area contributed by atoms with Gasteiger partial charge in [0.1, 0.15) is 0 Å². The first-order chi connectivity index (χ1) is 14.9. The van der Waals surface area contributed by atoms with Crippen molar-refractivity contribution in [2.24, 2.45) is 0 Å². The molecule has 0 unspecified atom stereocenters. The molecule has 0 bridgehead atoms. The summed E-state index contributed by atoms with van der Waals surface area (Å²) in [5, 5.41) is 9.33. The van der Waals surface area contributed by atoms with Crippen LogP contribution in [0.15, 0.2) is 72.8 Å². The number of thiocarbonyl (C=S) groups is 1. The van der Waals surface area contributed by atoms with Crippen LogP contribution in [0.4, 0.5) is 11.4 Å². The van der Waals surface area contributed by atoms with Crippen molar-refractivity contribution in [2.75, 3.05) is 10.6 Å². The normalized spacial score (nSPS) is 10.3. The lowest BCUT2D eigenvalue weighted by atomic mass is 10.1. The third-order valence-corrected chi connectivity index (χ3v) is 5.09. The Morgan fingerprint density at radius 3 is 2.26 bits per heavy atom. The number of anilines is 2. The van der Waals surface area contributed by atoms with Crippen LogP contribution < -0.4 is 16.0 Å². The van der Waals surface area contributed by atoms with Gasteiger partial charge in [0, 0.05) is 28.4 Å². The van der Waals surface area contributed by atoms with Crippen molar-refractivity contribution >= 4 is 52.1 Å². The van der Waals surface area contributed by atoms with E-state index in [1.54, 1.807) is 36.4 Å². The Balaban J connectivity index is 1.47. The van der Waals surface area contributed by atoms with Gasteiger partial charge in [0.15, 0.2) is 5.11 Å². The summed E-state index contributed by atoms with van der Waals surface area (Å²) >= 11 is 11.3. The zero-order chi connectivity index (χ0) is 22.2. The predicted octanol–water partition coefficient (Wildman–Crippen LogP) is 5.35. The average molecular weight is 452 g/mol. The van der Waals surface area contributed by atoms with Gasteiger partial charge in [-0.2, -0.15) is 0 Å². The van der Waals surface area contributed by atoms with Gasteiger partial charge >= 0.3 is 0 Å². The van der Waals surface area contributed by atoms with Crippen LogP contribution in [0.1, 0.15) is 27.9 Å². The van der Waals surface area contributed by atoms with E-state index in [9.17, 15) is 9.59 Å². The van der Waals surface area contributed by atoms with Crippen LogP contribution in [0, 0.1) is 6.92 Å². The quantitative estimate of drug-likeness (QED) is 0.442.